The van der Waals surface area contributed by atoms with E-state index < -0.39 is 114 Å². The van der Waals surface area contributed by atoms with Gasteiger partial charge in [0.1, 0.15) is 28.2 Å². The molecule has 21 heteroatoms. The molecule has 0 N–H and O–H groups in total. The molecule has 0 unspecified atom stereocenters. The predicted molar refractivity (Wildman–Crippen MR) is 232 cm³/mol. The van der Waals surface area contributed by atoms with E-state index in [-0.39, 0.29) is 45.8 Å². The van der Waals surface area contributed by atoms with Gasteiger partial charge in [0.25, 0.3) is 0 Å². The molecule has 0 spiro atoms. The number of benzene rings is 2. The van der Waals surface area contributed by atoms with Crippen molar-refractivity contribution in [3.63, 3.8) is 0 Å². The number of methoxy groups -OCH3 is 1. The van der Waals surface area contributed by atoms with Gasteiger partial charge in [-0.15, -0.1) is 0 Å². The molecule has 2 aliphatic heterocycles. The number of hydrogen-bond donors (Lipinski definition) is 0. The van der Waals surface area contributed by atoms with E-state index in [1.54, 1.807) is 30.3 Å². The third-order valence-electron chi connectivity index (χ3n) is 10.2. The monoisotopic (exact) mass is 954 g/mol. The number of hydrogen-bond acceptors (Lipinski definition) is 21. The first-order valence-corrected chi connectivity index (χ1v) is 21.3. The Balaban J connectivity index is 1.83. The summed E-state index contributed by atoms with van der Waals surface area (Å²) in [6.45, 7) is 14.2. The third kappa shape index (κ3) is 12.6. The fourth-order valence-electron chi connectivity index (χ4n) is 7.61. The van der Waals surface area contributed by atoms with Gasteiger partial charge in [-0.3, -0.25) is 38.4 Å². The van der Waals surface area contributed by atoms with Crippen LogP contribution in [0.25, 0.3) is 22.3 Å². The minimum atomic E-state index is -1.88. The molecular formula is C47H54O21. The summed E-state index contributed by atoms with van der Waals surface area (Å²) in [5, 5.41) is -0.337. The lowest BCUT2D eigenvalue weighted by Gasteiger charge is -2.48. The highest BCUT2D eigenvalue weighted by Gasteiger charge is 2.56. The number of allylic oxidation sites excluding steroid dienone is 2. The summed E-state index contributed by atoms with van der Waals surface area (Å²) in [4.78, 5) is 103. The standard InChI is InChI=1S/C47H54O21/c1-20(2)13-18-32-33(59-23(5)48)19-34(60-24(6)49)35-36(55)41(39(66-40(32)35)30-14-16-31(56-12)17-15-30)67-47-45(43(64-28(10)53)38(22(4)58-47)62-26(8)51)68-46-44(65-29(11)54)42(63-27(9)52)37(21(3)57-46)61-25(7)50/h13-17,19,21-22,37-38,42-47H,18H2,1-12H3/t21-,22-,37-,38-,42+,43+,44+,45+,46-,47-/m0/s1. The van der Waals surface area contributed by atoms with E-state index >= 15 is 4.79 Å². The molecule has 21 nitrogen and oxygen atoms in total. The van der Waals surface area contributed by atoms with Gasteiger partial charge in [0.2, 0.25) is 17.5 Å². The van der Waals surface area contributed by atoms with E-state index in [4.69, 9.17) is 61.3 Å². The second kappa shape index (κ2) is 22.3. The zero-order valence-electron chi connectivity index (χ0n) is 39.5. The smallest absolute Gasteiger partial charge is 0.308 e. The Morgan fingerprint density at radius 1 is 0.588 bits per heavy atom. The van der Waals surface area contributed by atoms with Gasteiger partial charge >= 0.3 is 41.8 Å². The first-order chi connectivity index (χ1) is 32.0. The summed E-state index contributed by atoms with van der Waals surface area (Å²) in [5.74, 6) is -6.79. The van der Waals surface area contributed by atoms with E-state index in [0.29, 0.717) is 5.75 Å². The van der Waals surface area contributed by atoms with Crippen molar-refractivity contribution in [1.29, 1.82) is 0 Å². The lowest BCUT2D eigenvalue weighted by Crippen LogP contribution is -2.66. The number of carbonyl (C=O) groups excluding carboxylic acids is 7. The van der Waals surface area contributed by atoms with Gasteiger partial charge < -0.3 is 61.3 Å². The van der Waals surface area contributed by atoms with Crippen LogP contribution < -0.4 is 24.4 Å². The summed E-state index contributed by atoms with van der Waals surface area (Å²) in [5.41, 5.74) is 0.165. The fourth-order valence-corrected chi connectivity index (χ4v) is 7.61. The molecule has 2 aliphatic rings. The normalized spacial score (nSPS) is 24.4. The van der Waals surface area contributed by atoms with Crippen LogP contribution in [0.3, 0.4) is 0 Å². The van der Waals surface area contributed by atoms with Crippen LogP contribution in [-0.2, 0) is 77.9 Å². The molecule has 2 fully saturated rings. The summed E-state index contributed by atoms with van der Waals surface area (Å²) < 4.78 is 76.7. The molecule has 1 aromatic heterocycles. The highest BCUT2D eigenvalue weighted by Crippen LogP contribution is 2.43. The van der Waals surface area contributed by atoms with Gasteiger partial charge in [0, 0.05) is 65.7 Å². The lowest BCUT2D eigenvalue weighted by atomic mass is 9.96. The minimum absolute atomic E-state index is 0.0592. The molecule has 0 amide bonds. The molecule has 68 heavy (non-hydrogen) atoms. The molecule has 3 heterocycles. The number of fused-ring (bicyclic) bond motifs is 1. The van der Waals surface area contributed by atoms with Crippen LogP contribution in [0.15, 0.2) is 51.2 Å². The molecule has 3 aromatic rings. The maximum absolute atomic E-state index is 15.3. The van der Waals surface area contributed by atoms with E-state index in [2.05, 4.69) is 0 Å². The van der Waals surface area contributed by atoms with Crippen molar-refractivity contribution < 1.29 is 94.8 Å². The summed E-state index contributed by atoms with van der Waals surface area (Å²) >= 11 is 0. The van der Waals surface area contributed by atoms with E-state index in [1.165, 1.54) is 27.0 Å². The Bertz CT molecular complexity index is 2500. The second-order valence-electron chi connectivity index (χ2n) is 16.1. The predicted octanol–water partition coefficient (Wildman–Crippen LogP) is 4.74. The summed E-state index contributed by atoms with van der Waals surface area (Å²) in [6.07, 6.45) is -13.7. The maximum atomic E-state index is 15.3. The quantitative estimate of drug-likeness (QED) is 0.0862. The first-order valence-electron chi connectivity index (χ1n) is 21.3. The molecule has 2 aromatic carbocycles. The number of carbonyl (C=O) groups is 7. The Morgan fingerprint density at radius 2 is 1.06 bits per heavy atom. The van der Waals surface area contributed by atoms with Crippen LogP contribution in [0.4, 0.5) is 0 Å². The van der Waals surface area contributed by atoms with Crippen LogP contribution in [-0.4, -0.2) is 110 Å². The van der Waals surface area contributed by atoms with Crippen molar-refractivity contribution in [3.8, 4) is 34.3 Å². The van der Waals surface area contributed by atoms with Gasteiger partial charge in [0.15, 0.2) is 48.7 Å². The molecule has 2 saturated heterocycles. The SMILES string of the molecule is COc1ccc(-c2oc3c(CC=C(C)C)c(OC(C)=O)cc(OC(C)=O)c3c(=O)c2O[C@@H]2O[C@@H](C)[C@H](OC(C)=O)[C@@H](OC(C)=O)[C@H]2O[C@@H]2O[C@@H](C)[C@H](OC(C)=O)[C@@H](OC(C)=O)[C@H]2OC(C)=O)cc1. The molecule has 0 aliphatic carbocycles. The highest BCUT2D eigenvalue weighted by molar-refractivity contribution is 5.94. The van der Waals surface area contributed by atoms with Crippen molar-refractivity contribution in [2.24, 2.45) is 0 Å². The van der Waals surface area contributed by atoms with Crippen LogP contribution in [0, 0.1) is 0 Å². The Labute approximate surface area is 390 Å². The maximum Gasteiger partial charge on any atom is 0.308 e. The average molecular weight is 955 g/mol. The zero-order valence-corrected chi connectivity index (χ0v) is 39.5. The Hall–Kier alpha value is -6.84. The molecule has 0 saturated carbocycles. The summed E-state index contributed by atoms with van der Waals surface area (Å²) in [6, 6.07) is 7.41. The molecule has 0 bridgehead atoms. The highest BCUT2D eigenvalue weighted by atomic mass is 16.8. The minimum Gasteiger partial charge on any atom is -0.497 e. The van der Waals surface area contributed by atoms with Crippen molar-refractivity contribution in [2.45, 2.75) is 144 Å². The van der Waals surface area contributed by atoms with E-state index in [0.717, 1.165) is 54.0 Å². The van der Waals surface area contributed by atoms with Crippen LogP contribution in [0.5, 0.6) is 23.0 Å². The summed E-state index contributed by atoms with van der Waals surface area (Å²) in [7, 11) is 1.44. The van der Waals surface area contributed by atoms with Crippen molar-refractivity contribution in [2.75, 3.05) is 7.11 Å². The number of ether oxygens (including phenoxy) is 12. The zero-order chi connectivity index (χ0) is 50.3. The third-order valence-corrected chi connectivity index (χ3v) is 10.2. The molecule has 0 radical (unpaired) electrons. The van der Waals surface area contributed by atoms with Gasteiger partial charge in [0.05, 0.1) is 19.3 Å². The topological polar surface area (TPSA) is 260 Å². The van der Waals surface area contributed by atoms with Crippen molar-refractivity contribution >= 4 is 52.8 Å². The van der Waals surface area contributed by atoms with Crippen molar-refractivity contribution in [1.82, 2.24) is 0 Å². The number of esters is 7. The van der Waals surface area contributed by atoms with E-state index in [9.17, 15) is 33.6 Å². The van der Waals surface area contributed by atoms with Gasteiger partial charge in [-0.05, 0) is 58.4 Å². The van der Waals surface area contributed by atoms with Crippen LogP contribution in [0.1, 0.15) is 81.7 Å². The van der Waals surface area contributed by atoms with Crippen LogP contribution in [0.2, 0.25) is 0 Å². The van der Waals surface area contributed by atoms with Gasteiger partial charge in [-0.25, -0.2) is 0 Å². The first kappa shape index (κ1) is 52.1. The van der Waals surface area contributed by atoms with Gasteiger partial charge in [-0.2, -0.15) is 0 Å². The van der Waals surface area contributed by atoms with Crippen molar-refractivity contribution in [3.05, 3.63) is 57.8 Å². The van der Waals surface area contributed by atoms with E-state index in [1.807, 2.05) is 13.8 Å². The van der Waals surface area contributed by atoms with Gasteiger partial charge in [-0.1, -0.05) is 11.6 Å². The fraction of sp³-hybridized carbons (Fsp3) is 0.489. The molecule has 5 rings (SSSR count). The molecular weight excluding hydrogens is 900 g/mol. The molecule has 368 valence electrons. The van der Waals surface area contributed by atoms with Crippen LogP contribution >= 0.6 is 0 Å². The Morgan fingerprint density at radius 3 is 1.54 bits per heavy atom. The Kier molecular flexibility index (Phi) is 17.1. The molecule has 10 atom stereocenters. The number of rotatable bonds is 15. The second-order valence-corrected chi connectivity index (χ2v) is 16.1. The largest absolute Gasteiger partial charge is 0.497 e. The lowest BCUT2D eigenvalue weighted by molar-refractivity contribution is -0.354. The average Bonchev–Trinajstić information content (AvgIpc) is 3.22.